The fourth-order valence-electron chi connectivity index (χ4n) is 2.57. The van der Waals surface area contributed by atoms with E-state index in [0.29, 0.717) is 5.69 Å². The minimum atomic E-state index is -0.379. The minimum absolute atomic E-state index is 0.114. The standard InChI is InChI=1S/C13H20N2O3/c1-5-10-9(3)11(17-4)12(18-10)15-7-6-8(2)14-13(15)16/h6-7,9-12H,5H2,1-4H3. The Balaban J connectivity index is 2.35. The molecule has 5 heteroatoms. The number of hydrogen-bond acceptors (Lipinski definition) is 4. The summed E-state index contributed by atoms with van der Waals surface area (Å²) in [5, 5.41) is 0. The van der Waals surface area contributed by atoms with Crippen LogP contribution in [0.25, 0.3) is 0 Å². The zero-order valence-electron chi connectivity index (χ0n) is 11.3. The Labute approximate surface area is 107 Å². The van der Waals surface area contributed by atoms with Crippen molar-refractivity contribution >= 4 is 0 Å². The van der Waals surface area contributed by atoms with Crippen LogP contribution in [0.15, 0.2) is 17.1 Å². The van der Waals surface area contributed by atoms with Crippen LogP contribution in [0.2, 0.25) is 0 Å². The Morgan fingerprint density at radius 2 is 2.28 bits per heavy atom. The highest BCUT2D eigenvalue weighted by atomic mass is 16.6. The quantitative estimate of drug-likeness (QED) is 0.818. The molecule has 5 nitrogen and oxygen atoms in total. The van der Waals surface area contributed by atoms with Crippen molar-refractivity contribution in [3.8, 4) is 0 Å². The summed E-state index contributed by atoms with van der Waals surface area (Å²) in [6.45, 7) is 5.97. The van der Waals surface area contributed by atoms with E-state index >= 15 is 0 Å². The van der Waals surface area contributed by atoms with Crippen LogP contribution in [0, 0.1) is 12.8 Å². The van der Waals surface area contributed by atoms with Crippen LogP contribution >= 0.6 is 0 Å². The van der Waals surface area contributed by atoms with Gasteiger partial charge in [-0.25, -0.2) is 4.79 Å². The van der Waals surface area contributed by atoms with Gasteiger partial charge in [0.25, 0.3) is 0 Å². The normalized spacial score (nSPS) is 31.8. The van der Waals surface area contributed by atoms with Gasteiger partial charge in [-0.05, 0) is 19.4 Å². The van der Waals surface area contributed by atoms with Crippen molar-refractivity contribution in [1.29, 1.82) is 0 Å². The average molecular weight is 252 g/mol. The van der Waals surface area contributed by atoms with Gasteiger partial charge in [0.05, 0.1) is 6.10 Å². The molecule has 0 aliphatic carbocycles. The summed E-state index contributed by atoms with van der Waals surface area (Å²) in [7, 11) is 1.65. The van der Waals surface area contributed by atoms with Gasteiger partial charge in [-0.3, -0.25) is 4.57 Å². The van der Waals surface area contributed by atoms with E-state index in [2.05, 4.69) is 18.8 Å². The summed E-state index contributed by atoms with van der Waals surface area (Å²) in [4.78, 5) is 15.8. The van der Waals surface area contributed by atoms with E-state index in [-0.39, 0.29) is 30.0 Å². The second-order valence-electron chi connectivity index (χ2n) is 4.79. The van der Waals surface area contributed by atoms with Gasteiger partial charge < -0.3 is 9.47 Å². The Morgan fingerprint density at radius 1 is 1.56 bits per heavy atom. The van der Waals surface area contributed by atoms with Crippen LogP contribution in [-0.2, 0) is 9.47 Å². The summed E-state index contributed by atoms with van der Waals surface area (Å²) in [6, 6.07) is 1.81. The molecule has 18 heavy (non-hydrogen) atoms. The molecule has 0 radical (unpaired) electrons. The van der Waals surface area contributed by atoms with Crippen molar-refractivity contribution in [3.63, 3.8) is 0 Å². The monoisotopic (exact) mass is 252 g/mol. The molecule has 0 amide bonds. The third-order valence-corrected chi connectivity index (χ3v) is 3.62. The van der Waals surface area contributed by atoms with Crippen LogP contribution in [0.1, 0.15) is 32.2 Å². The molecular weight excluding hydrogens is 232 g/mol. The molecule has 1 aliphatic rings. The highest BCUT2D eigenvalue weighted by Crippen LogP contribution is 2.36. The van der Waals surface area contributed by atoms with Gasteiger partial charge in [0, 0.05) is 24.9 Å². The van der Waals surface area contributed by atoms with Gasteiger partial charge >= 0.3 is 5.69 Å². The lowest BCUT2D eigenvalue weighted by molar-refractivity contribution is -0.0530. The van der Waals surface area contributed by atoms with Crippen molar-refractivity contribution in [2.75, 3.05) is 7.11 Å². The largest absolute Gasteiger partial charge is 0.376 e. The molecular formula is C13H20N2O3. The van der Waals surface area contributed by atoms with Crippen LogP contribution in [0.3, 0.4) is 0 Å². The minimum Gasteiger partial charge on any atom is -0.376 e. The fourth-order valence-corrected chi connectivity index (χ4v) is 2.57. The van der Waals surface area contributed by atoms with Gasteiger partial charge in [0.15, 0.2) is 6.23 Å². The van der Waals surface area contributed by atoms with E-state index in [1.54, 1.807) is 26.3 Å². The Hall–Kier alpha value is -1.20. The van der Waals surface area contributed by atoms with E-state index in [0.717, 1.165) is 6.42 Å². The molecule has 100 valence electrons. The van der Waals surface area contributed by atoms with E-state index in [1.165, 1.54) is 4.57 Å². The summed E-state index contributed by atoms with van der Waals surface area (Å²) in [5.74, 6) is 0.262. The van der Waals surface area contributed by atoms with Crippen LogP contribution in [-0.4, -0.2) is 28.9 Å². The van der Waals surface area contributed by atoms with Crippen LogP contribution < -0.4 is 5.69 Å². The number of hydrogen-bond donors (Lipinski definition) is 0. The number of ether oxygens (including phenoxy) is 2. The Bertz CT molecular complexity index is 472. The van der Waals surface area contributed by atoms with Crippen molar-refractivity contribution in [2.45, 2.75) is 45.6 Å². The number of nitrogens with zero attached hydrogens (tertiary/aromatic N) is 2. The molecule has 2 rings (SSSR count). The van der Waals surface area contributed by atoms with Crippen LogP contribution in [0.4, 0.5) is 0 Å². The van der Waals surface area contributed by atoms with Crippen molar-refractivity contribution in [2.24, 2.45) is 5.92 Å². The van der Waals surface area contributed by atoms with E-state index in [4.69, 9.17) is 9.47 Å². The first-order chi connectivity index (χ1) is 8.58. The van der Waals surface area contributed by atoms with E-state index in [9.17, 15) is 4.79 Å². The average Bonchev–Trinajstić information content (AvgIpc) is 2.65. The van der Waals surface area contributed by atoms with Crippen molar-refractivity contribution < 1.29 is 9.47 Å². The SMILES string of the molecule is CCC1OC(n2ccc(C)nc2=O)C(OC)C1C. The number of aryl methyl sites for hydroxylation is 1. The Kier molecular flexibility index (Phi) is 3.82. The maximum Gasteiger partial charge on any atom is 0.349 e. The summed E-state index contributed by atoms with van der Waals surface area (Å²) in [6.07, 6.45) is 2.26. The van der Waals surface area contributed by atoms with Crippen LogP contribution in [0.5, 0.6) is 0 Å². The first kappa shape index (κ1) is 13.2. The van der Waals surface area contributed by atoms with Gasteiger partial charge in [-0.15, -0.1) is 0 Å². The van der Waals surface area contributed by atoms with Gasteiger partial charge in [0.2, 0.25) is 0 Å². The molecule has 4 unspecified atom stereocenters. The lowest BCUT2D eigenvalue weighted by Crippen LogP contribution is -2.34. The molecule has 1 aromatic heterocycles. The molecule has 2 heterocycles. The highest BCUT2D eigenvalue weighted by Gasteiger charge is 2.42. The summed E-state index contributed by atoms with van der Waals surface area (Å²) >= 11 is 0. The molecule has 1 saturated heterocycles. The zero-order valence-corrected chi connectivity index (χ0v) is 11.3. The number of rotatable bonds is 3. The van der Waals surface area contributed by atoms with Crippen molar-refractivity contribution in [3.05, 3.63) is 28.4 Å². The second-order valence-corrected chi connectivity index (χ2v) is 4.79. The van der Waals surface area contributed by atoms with Crippen molar-refractivity contribution in [1.82, 2.24) is 9.55 Å². The third-order valence-electron chi connectivity index (χ3n) is 3.62. The van der Waals surface area contributed by atoms with Gasteiger partial charge in [-0.1, -0.05) is 13.8 Å². The predicted octanol–water partition coefficient (Wildman–Crippen LogP) is 1.51. The molecule has 1 fully saturated rings. The van der Waals surface area contributed by atoms with E-state index < -0.39 is 0 Å². The maximum absolute atomic E-state index is 11.9. The third kappa shape index (κ3) is 2.20. The first-order valence-corrected chi connectivity index (χ1v) is 6.32. The first-order valence-electron chi connectivity index (χ1n) is 6.32. The number of methoxy groups -OCH3 is 1. The molecule has 1 aromatic rings. The molecule has 0 spiro atoms. The predicted molar refractivity (Wildman–Crippen MR) is 67.4 cm³/mol. The van der Waals surface area contributed by atoms with Gasteiger partial charge in [-0.2, -0.15) is 4.98 Å². The highest BCUT2D eigenvalue weighted by molar-refractivity contribution is 4.98. The smallest absolute Gasteiger partial charge is 0.349 e. The topological polar surface area (TPSA) is 53.4 Å². The lowest BCUT2D eigenvalue weighted by atomic mass is 9.98. The summed E-state index contributed by atoms with van der Waals surface area (Å²) < 4.78 is 12.9. The molecule has 1 aliphatic heterocycles. The Morgan fingerprint density at radius 3 is 2.83 bits per heavy atom. The molecule has 0 aromatic carbocycles. The molecule has 0 N–H and O–H groups in total. The molecule has 4 atom stereocenters. The van der Waals surface area contributed by atoms with E-state index in [1.807, 2.05) is 0 Å². The second kappa shape index (κ2) is 5.20. The fraction of sp³-hybridized carbons (Fsp3) is 0.692. The van der Waals surface area contributed by atoms with Gasteiger partial charge in [0.1, 0.15) is 6.10 Å². The summed E-state index contributed by atoms with van der Waals surface area (Å²) in [5.41, 5.74) is 0.425. The molecule has 0 bridgehead atoms. The lowest BCUT2D eigenvalue weighted by Gasteiger charge is -2.20. The zero-order chi connectivity index (χ0) is 13.3. The molecule has 0 saturated carbocycles. The maximum atomic E-state index is 11.9. The number of aromatic nitrogens is 2.